The SMILES string of the molecule is CC[CH2][Sn]([CH2]CC)[CH2]CC.Cl. The summed E-state index contributed by atoms with van der Waals surface area (Å²) in [6.07, 6.45) is 4.36. The van der Waals surface area contributed by atoms with Crippen LogP contribution in [0.2, 0.25) is 13.3 Å². The van der Waals surface area contributed by atoms with Crippen LogP contribution >= 0.6 is 12.4 Å². The van der Waals surface area contributed by atoms with Gasteiger partial charge < -0.3 is 0 Å². The average molecular weight is 284 g/mol. The van der Waals surface area contributed by atoms with Crippen LogP contribution in [0.1, 0.15) is 40.0 Å². The topological polar surface area (TPSA) is 0 Å². The van der Waals surface area contributed by atoms with Crippen molar-refractivity contribution in [2.75, 3.05) is 0 Å². The maximum absolute atomic E-state index is 2.34. The second-order valence-corrected chi connectivity index (χ2v) is 11.6. The number of rotatable bonds is 6. The smallest absolute Gasteiger partial charge is 0.147 e. The van der Waals surface area contributed by atoms with Crippen LogP contribution in [0.3, 0.4) is 0 Å². The zero-order valence-electron chi connectivity index (χ0n) is 8.15. The van der Waals surface area contributed by atoms with Crippen molar-refractivity contribution in [3.8, 4) is 0 Å². The normalized spacial score (nSPS) is 9.82. The molecule has 0 aromatic carbocycles. The molecule has 0 nitrogen and oxygen atoms in total. The molecular weight excluding hydrogens is 262 g/mol. The minimum atomic E-state index is -0.759. The van der Waals surface area contributed by atoms with Crippen LogP contribution < -0.4 is 0 Å². The summed E-state index contributed by atoms with van der Waals surface area (Å²) < 4.78 is 4.93. The standard InChI is InChI=1S/3C3H7.ClH.Sn/c3*1-3-2;;/h3*1,3H2,2H3;1H;. The fraction of sp³-hybridized carbons (Fsp3) is 1.00. The van der Waals surface area contributed by atoms with Gasteiger partial charge in [-0.05, 0) is 0 Å². The first-order valence-corrected chi connectivity index (χ1v) is 10.7. The number of hydrogen-bond donors (Lipinski definition) is 0. The van der Waals surface area contributed by atoms with Crippen molar-refractivity contribution in [2.24, 2.45) is 0 Å². The van der Waals surface area contributed by atoms with Crippen LogP contribution in [0.25, 0.3) is 0 Å². The zero-order chi connectivity index (χ0) is 7.82. The van der Waals surface area contributed by atoms with Crippen molar-refractivity contribution in [2.45, 2.75) is 53.3 Å². The molecule has 0 saturated heterocycles. The monoisotopic (exact) mass is 285 g/mol. The Kier molecular flexibility index (Phi) is 14.7. The molecule has 0 spiro atoms. The molecule has 0 saturated carbocycles. The van der Waals surface area contributed by atoms with Crippen LogP contribution in [-0.4, -0.2) is 19.8 Å². The second-order valence-electron chi connectivity index (χ2n) is 3.00. The van der Waals surface area contributed by atoms with E-state index in [4.69, 9.17) is 0 Å². The minimum Gasteiger partial charge on any atom is -0.147 e. The van der Waals surface area contributed by atoms with Crippen LogP contribution in [0.5, 0.6) is 0 Å². The molecule has 0 fully saturated rings. The van der Waals surface area contributed by atoms with Gasteiger partial charge in [-0.1, -0.05) is 0 Å². The molecule has 0 aromatic rings. The molecule has 0 bridgehead atoms. The molecule has 0 aliphatic heterocycles. The number of halogens is 1. The average Bonchev–Trinajstić information content (AvgIpc) is 1.90. The Hall–Kier alpha value is 1.09. The Morgan fingerprint density at radius 3 is 1.18 bits per heavy atom. The van der Waals surface area contributed by atoms with Gasteiger partial charge in [-0.15, -0.1) is 12.4 Å². The molecule has 0 unspecified atom stereocenters. The summed E-state index contributed by atoms with van der Waals surface area (Å²) >= 11 is -0.759. The van der Waals surface area contributed by atoms with Gasteiger partial charge in [0.1, 0.15) is 0 Å². The zero-order valence-corrected chi connectivity index (χ0v) is 11.8. The number of hydrogen-bond acceptors (Lipinski definition) is 0. The molecule has 2 heteroatoms. The predicted molar refractivity (Wildman–Crippen MR) is 58.3 cm³/mol. The van der Waals surface area contributed by atoms with Gasteiger partial charge in [0.15, 0.2) is 0 Å². The summed E-state index contributed by atoms with van der Waals surface area (Å²) in [5, 5.41) is 0. The summed E-state index contributed by atoms with van der Waals surface area (Å²) in [7, 11) is 0. The van der Waals surface area contributed by atoms with E-state index in [0.29, 0.717) is 0 Å². The Labute approximate surface area is 85.3 Å². The van der Waals surface area contributed by atoms with Crippen LogP contribution in [0.4, 0.5) is 0 Å². The van der Waals surface area contributed by atoms with Gasteiger partial charge in [0.25, 0.3) is 0 Å². The maximum Gasteiger partial charge on any atom is -0.147 e. The minimum absolute atomic E-state index is 0. The molecule has 0 atom stereocenters. The first-order valence-electron chi connectivity index (χ1n) is 4.68. The molecule has 69 valence electrons. The fourth-order valence-corrected chi connectivity index (χ4v) is 9.63. The van der Waals surface area contributed by atoms with Gasteiger partial charge in [-0.25, -0.2) is 0 Å². The third-order valence-corrected chi connectivity index (χ3v) is 12.1. The van der Waals surface area contributed by atoms with E-state index < -0.39 is 19.8 Å². The molecule has 0 aliphatic carbocycles. The van der Waals surface area contributed by atoms with Gasteiger partial charge in [-0.2, -0.15) is 0 Å². The molecule has 0 N–H and O–H groups in total. The van der Waals surface area contributed by atoms with E-state index in [9.17, 15) is 0 Å². The molecular formula is C9H22ClSn. The Balaban J connectivity index is 0. The van der Waals surface area contributed by atoms with E-state index in [1.165, 1.54) is 19.3 Å². The van der Waals surface area contributed by atoms with E-state index in [1.807, 2.05) is 0 Å². The molecule has 1 radical (unpaired) electrons. The van der Waals surface area contributed by atoms with Gasteiger partial charge in [0.05, 0.1) is 0 Å². The maximum atomic E-state index is 2.34. The molecule has 11 heavy (non-hydrogen) atoms. The largest absolute Gasteiger partial charge is 0.147 e. The Morgan fingerprint density at radius 2 is 1.00 bits per heavy atom. The molecule has 0 aliphatic rings. The quantitative estimate of drug-likeness (QED) is 0.643. The van der Waals surface area contributed by atoms with E-state index in [1.54, 1.807) is 13.3 Å². The summed E-state index contributed by atoms with van der Waals surface area (Å²) in [4.78, 5) is 0. The van der Waals surface area contributed by atoms with E-state index in [-0.39, 0.29) is 12.4 Å². The van der Waals surface area contributed by atoms with Crippen molar-refractivity contribution >= 4 is 32.2 Å². The van der Waals surface area contributed by atoms with E-state index in [0.717, 1.165) is 0 Å². The Morgan fingerprint density at radius 1 is 0.727 bits per heavy atom. The molecule has 0 amide bonds. The van der Waals surface area contributed by atoms with Crippen molar-refractivity contribution in [1.82, 2.24) is 0 Å². The van der Waals surface area contributed by atoms with E-state index in [2.05, 4.69) is 20.8 Å². The summed E-state index contributed by atoms with van der Waals surface area (Å²) in [6.45, 7) is 7.02. The van der Waals surface area contributed by atoms with Crippen molar-refractivity contribution in [3.05, 3.63) is 0 Å². The van der Waals surface area contributed by atoms with Crippen LogP contribution in [0, 0.1) is 0 Å². The predicted octanol–water partition coefficient (Wildman–Crippen LogP) is 4.13. The molecule has 0 rings (SSSR count). The van der Waals surface area contributed by atoms with Crippen LogP contribution in [0.15, 0.2) is 0 Å². The fourth-order valence-electron chi connectivity index (χ4n) is 1.44. The van der Waals surface area contributed by atoms with Crippen molar-refractivity contribution in [1.29, 1.82) is 0 Å². The van der Waals surface area contributed by atoms with Gasteiger partial charge in [0, 0.05) is 0 Å². The molecule has 0 aromatic heterocycles. The van der Waals surface area contributed by atoms with Gasteiger partial charge in [0.2, 0.25) is 0 Å². The third kappa shape index (κ3) is 9.00. The Bertz CT molecular complexity index is 52.3. The van der Waals surface area contributed by atoms with Crippen LogP contribution in [-0.2, 0) is 0 Å². The molecule has 0 heterocycles. The van der Waals surface area contributed by atoms with Crippen molar-refractivity contribution in [3.63, 3.8) is 0 Å². The van der Waals surface area contributed by atoms with Crippen molar-refractivity contribution < 1.29 is 0 Å². The summed E-state index contributed by atoms with van der Waals surface area (Å²) in [5.41, 5.74) is 0. The summed E-state index contributed by atoms with van der Waals surface area (Å²) in [5.74, 6) is 0. The summed E-state index contributed by atoms with van der Waals surface area (Å²) in [6, 6.07) is 0. The first-order chi connectivity index (χ1) is 4.85. The van der Waals surface area contributed by atoms with Gasteiger partial charge in [-0.3, -0.25) is 0 Å². The first kappa shape index (κ1) is 14.6. The van der Waals surface area contributed by atoms with E-state index >= 15 is 0 Å². The van der Waals surface area contributed by atoms with Gasteiger partial charge >= 0.3 is 73.1 Å². The third-order valence-electron chi connectivity index (χ3n) is 1.81. The second kappa shape index (κ2) is 11.1.